The molecule has 11 heteroatoms. The van der Waals surface area contributed by atoms with Gasteiger partial charge in [0, 0.05) is 18.8 Å². The van der Waals surface area contributed by atoms with Crippen molar-refractivity contribution in [3.05, 3.63) is 40.8 Å². The summed E-state index contributed by atoms with van der Waals surface area (Å²) < 4.78 is 28.0. The largest absolute Gasteiger partial charge is 0.348 e. The molecule has 0 bridgehead atoms. The summed E-state index contributed by atoms with van der Waals surface area (Å²) >= 11 is 6.00. The van der Waals surface area contributed by atoms with Crippen molar-refractivity contribution in [3.8, 4) is 5.82 Å². The van der Waals surface area contributed by atoms with Crippen molar-refractivity contribution in [1.29, 1.82) is 0 Å². The molecule has 1 saturated heterocycles. The fraction of sp³-hybridized carbons (Fsp3) is 0.400. The lowest BCUT2D eigenvalue weighted by Crippen LogP contribution is -2.45. The fourth-order valence-corrected chi connectivity index (χ4v) is 2.88. The van der Waals surface area contributed by atoms with Crippen LogP contribution < -0.4 is 10.6 Å². The maximum absolute atomic E-state index is 13.6. The summed E-state index contributed by atoms with van der Waals surface area (Å²) in [6, 6.07) is 3.02. The zero-order valence-electron chi connectivity index (χ0n) is 13.5. The third-order valence-electron chi connectivity index (χ3n) is 3.83. The molecule has 26 heavy (non-hydrogen) atoms. The number of pyridine rings is 1. The second-order valence-corrected chi connectivity index (χ2v) is 5.89. The number of hydrogen-bond acceptors (Lipinski definition) is 4. The van der Waals surface area contributed by atoms with E-state index in [9.17, 15) is 13.6 Å². The Hall–Kier alpha value is -1.48. The normalized spacial score (nSPS) is 16.5. The van der Waals surface area contributed by atoms with Crippen molar-refractivity contribution < 1.29 is 13.6 Å². The Kier molecular flexibility index (Phi) is 8.69. The molecule has 2 aromatic heterocycles. The van der Waals surface area contributed by atoms with Gasteiger partial charge < -0.3 is 10.6 Å². The van der Waals surface area contributed by atoms with Crippen LogP contribution in [0.2, 0.25) is 5.02 Å². The molecule has 0 unspecified atom stereocenters. The molecule has 2 aromatic rings. The smallest absolute Gasteiger partial charge is 0.281 e. The zero-order chi connectivity index (χ0) is 17.1. The molecule has 1 fully saturated rings. The average molecular weight is 429 g/mol. The van der Waals surface area contributed by atoms with Gasteiger partial charge in [0.15, 0.2) is 5.82 Å². The van der Waals surface area contributed by atoms with Gasteiger partial charge in [0.05, 0.1) is 16.8 Å². The summed E-state index contributed by atoms with van der Waals surface area (Å²) in [5.41, 5.74) is -0.686. The molecule has 1 atom stereocenters. The number of halogens is 5. The summed E-state index contributed by atoms with van der Waals surface area (Å²) in [7, 11) is 0. The molecule has 0 saturated carbocycles. The first-order valence-corrected chi connectivity index (χ1v) is 7.94. The third-order valence-corrected chi connectivity index (χ3v) is 4.12. The van der Waals surface area contributed by atoms with Gasteiger partial charge in [-0.25, -0.2) is 18.4 Å². The number of alkyl halides is 2. The predicted molar refractivity (Wildman–Crippen MR) is 99.2 cm³/mol. The molecule has 2 N–H and O–H groups in total. The molecule has 144 valence electrons. The molecular formula is C15H18Cl3F2N5O. The van der Waals surface area contributed by atoms with Crippen molar-refractivity contribution >= 4 is 42.3 Å². The van der Waals surface area contributed by atoms with E-state index in [1.54, 1.807) is 6.07 Å². The lowest BCUT2D eigenvalue weighted by atomic mass is 10.1. The number of carbonyl (C=O) groups excluding carboxylic acids is 1. The summed E-state index contributed by atoms with van der Waals surface area (Å²) in [6.45, 7) is 1.51. The van der Waals surface area contributed by atoms with E-state index in [2.05, 4.69) is 20.7 Å². The topological polar surface area (TPSA) is 71.8 Å². The van der Waals surface area contributed by atoms with Crippen LogP contribution in [-0.4, -0.2) is 39.8 Å². The zero-order valence-corrected chi connectivity index (χ0v) is 15.9. The Morgan fingerprint density at radius 3 is 2.81 bits per heavy atom. The van der Waals surface area contributed by atoms with Crippen LogP contribution in [0.3, 0.4) is 0 Å². The standard InChI is InChI=1S/C15H16ClF2N5O.2ClH/c16-11-4-2-6-20-14(11)23-12(13(17)18)10(8-21-23)15(24)22-9-3-1-5-19-7-9;;/h2,4,6,8-9,13,19H,1,3,5,7H2,(H,22,24);2*1H/t9-;;/m0../s1. The highest BCUT2D eigenvalue weighted by Gasteiger charge is 2.28. The highest BCUT2D eigenvalue weighted by Crippen LogP contribution is 2.27. The first kappa shape index (κ1) is 22.6. The van der Waals surface area contributed by atoms with Crippen LogP contribution in [0.25, 0.3) is 5.82 Å². The van der Waals surface area contributed by atoms with Crippen molar-refractivity contribution in [1.82, 2.24) is 25.4 Å². The highest BCUT2D eigenvalue weighted by molar-refractivity contribution is 6.32. The minimum Gasteiger partial charge on any atom is -0.348 e. The molecule has 0 spiro atoms. The van der Waals surface area contributed by atoms with E-state index in [0.29, 0.717) is 6.54 Å². The summed E-state index contributed by atoms with van der Waals surface area (Å²) in [4.78, 5) is 16.4. The Morgan fingerprint density at radius 2 is 2.19 bits per heavy atom. The van der Waals surface area contributed by atoms with E-state index in [4.69, 9.17) is 11.6 Å². The van der Waals surface area contributed by atoms with Crippen molar-refractivity contribution in [3.63, 3.8) is 0 Å². The van der Waals surface area contributed by atoms with Gasteiger partial charge in [0.1, 0.15) is 5.69 Å². The molecule has 6 nitrogen and oxygen atoms in total. The molecule has 1 aliphatic rings. The minimum absolute atomic E-state index is 0. The lowest BCUT2D eigenvalue weighted by molar-refractivity contribution is 0.0915. The van der Waals surface area contributed by atoms with Crippen molar-refractivity contribution in [2.75, 3.05) is 13.1 Å². The van der Waals surface area contributed by atoms with Crippen LogP contribution in [0, 0.1) is 0 Å². The number of aromatic nitrogens is 3. The van der Waals surface area contributed by atoms with Gasteiger partial charge in [-0.1, -0.05) is 11.6 Å². The van der Waals surface area contributed by atoms with Crippen molar-refractivity contribution in [2.45, 2.75) is 25.3 Å². The number of nitrogens with one attached hydrogen (secondary N) is 2. The van der Waals surface area contributed by atoms with Gasteiger partial charge in [0.2, 0.25) is 0 Å². The maximum atomic E-state index is 13.6. The number of carbonyl (C=O) groups is 1. The number of hydrogen-bond donors (Lipinski definition) is 2. The summed E-state index contributed by atoms with van der Waals surface area (Å²) in [6.07, 6.45) is 1.39. The maximum Gasteiger partial charge on any atom is 0.281 e. The minimum atomic E-state index is -2.89. The Balaban J connectivity index is 0.00000169. The molecule has 0 radical (unpaired) electrons. The van der Waals surface area contributed by atoms with Gasteiger partial charge in [-0.15, -0.1) is 24.8 Å². The van der Waals surface area contributed by atoms with Crippen LogP contribution in [0.1, 0.15) is 35.3 Å². The third kappa shape index (κ3) is 4.82. The summed E-state index contributed by atoms with van der Waals surface area (Å²) in [5.74, 6) is -0.509. The SMILES string of the molecule is Cl.Cl.O=C(N[C@H]1CCCNC1)c1cnn(-c2ncccc2Cl)c1C(F)F. The van der Waals surface area contributed by atoms with E-state index in [0.717, 1.165) is 30.3 Å². The van der Waals surface area contributed by atoms with E-state index in [-0.39, 0.29) is 47.3 Å². The summed E-state index contributed by atoms with van der Waals surface area (Å²) in [5, 5.41) is 9.99. The van der Waals surface area contributed by atoms with Gasteiger partial charge in [0.25, 0.3) is 12.3 Å². The molecule has 0 aromatic carbocycles. The van der Waals surface area contributed by atoms with Crippen LogP contribution in [0.4, 0.5) is 8.78 Å². The van der Waals surface area contributed by atoms with E-state index < -0.39 is 18.0 Å². The van der Waals surface area contributed by atoms with Crippen LogP contribution >= 0.6 is 36.4 Å². The monoisotopic (exact) mass is 427 g/mol. The Morgan fingerprint density at radius 1 is 1.42 bits per heavy atom. The number of rotatable bonds is 4. The molecule has 3 heterocycles. The Bertz CT molecular complexity index is 738. The number of piperidine rings is 1. The number of nitrogens with zero attached hydrogens (tertiary/aromatic N) is 3. The van der Waals surface area contributed by atoms with Crippen LogP contribution in [0.15, 0.2) is 24.5 Å². The highest BCUT2D eigenvalue weighted by atomic mass is 35.5. The lowest BCUT2D eigenvalue weighted by Gasteiger charge is -2.23. The second-order valence-electron chi connectivity index (χ2n) is 5.48. The molecule has 0 aliphatic carbocycles. The average Bonchev–Trinajstić information content (AvgIpc) is 3.01. The molecule has 1 aliphatic heterocycles. The van der Waals surface area contributed by atoms with Crippen LogP contribution in [-0.2, 0) is 0 Å². The molecule has 3 rings (SSSR count). The fourth-order valence-electron chi connectivity index (χ4n) is 2.68. The van der Waals surface area contributed by atoms with E-state index in [1.807, 2.05) is 0 Å². The van der Waals surface area contributed by atoms with Gasteiger partial charge in [-0.05, 0) is 31.5 Å². The van der Waals surface area contributed by atoms with Crippen molar-refractivity contribution in [2.24, 2.45) is 0 Å². The van der Waals surface area contributed by atoms with Crippen LogP contribution in [0.5, 0.6) is 0 Å². The van der Waals surface area contributed by atoms with E-state index in [1.165, 1.54) is 12.3 Å². The first-order chi connectivity index (χ1) is 11.6. The van der Waals surface area contributed by atoms with E-state index >= 15 is 0 Å². The van der Waals surface area contributed by atoms with Gasteiger partial charge >= 0.3 is 0 Å². The molecule has 1 amide bonds. The van der Waals surface area contributed by atoms with Gasteiger partial charge in [-0.2, -0.15) is 5.10 Å². The Labute approximate surface area is 166 Å². The molecular weight excluding hydrogens is 411 g/mol. The quantitative estimate of drug-likeness (QED) is 0.784. The first-order valence-electron chi connectivity index (χ1n) is 7.56. The predicted octanol–water partition coefficient (Wildman–Crippen LogP) is 3.18. The second kappa shape index (κ2) is 10.0. The number of amides is 1. The van der Waals surface area contributed by atoms with Gasteiger partial charge in [-0.3, -0.25) is 4.79 Å².